The topological polar surface area (TPSA) is 61.4 Å². The number of aromatic nitrogens is 2. The number of nitrogens with one attached hydrogen (secondary N) is 1. The van der Waals surface area contributed by atoms with Crippen molar-refractivity contribution in [1.29, 1.82) is 0 Å². The van der Waals surface area contributed by atoms with Gasteiger partial charge in [0.2, 0.25) is 0 Å². The van der Waals surface area contributed by atoms with Crippen molar-refractivity contribution in [3.63, 3.8) is 0 Å². The maximum absolute atomic E-state index is 10.1. The molecule has 5 heteroatoms. The first-order valence-electron chi connectivity index (χ1n) is 9.59. The minimum atomic E-state index is -0.0288. The number of para-hydroxylation sites is 2. The van der Waals surface area contributed by atoms with Crippen molar-refractivity contribution in [3.8, 4) is 5.75 Å². The summed E-state index contributed by atoms with van der Waals surface area (Å²) in [5.41, 5.74) is 3.34. The molecular formula is C22H27N3O2. The van der Waals surface area contributed by atoms with Crippen LogP contribution in [0.15, 0.2) is 48.5 Å². The molecule has 0 bridgehead atoms. The fourth-order valence-electron chi connectivity index (χ4n) is 4.05. The van der Waals surface area contributed by atoms with Gasteiger partial charge in [0.15, 0.2) is 0 Å². The standard InChI is InChI=1S/C22H27N3O2/c1-27-18-8-6-17(7-9-18)14-22(16-26)10-12-25(13-11-22)15-21-23-19-4-2-3-5-20(19)24-21/h2-9,26H,10-16H2,1H3,(H,23,24). The summed E-state index contributed by atoms with van der Waals surface area (Å²) < 4.78 is 5.24. The molecule has 1 aliphatic rings. The quantitative estimate of drug-likeness (QED) is 0.703. The van der Waals surface area contributed by atoms with Crippen molar-refractivity contribution in [2.45, 2.75) is 25.8 Å². The number of likely N-dealkylation sites (tertiary alicyclic amines) is 1. The van der Waals surface area contributed by atoms with Gasteiger partial charge < -0.3 is 14.8 Å². The second kappa shape index (κ2) is 7.71. The number of fused-ring (bicyclic) bond motifs is 1. The summed E-state index contributed by atoms with van der Waals surface area (Å²) in [6.45, 7) is 3.03. The van der Waals surface area contributed by atoms with E-state index in [2.05, 4.69) is 33.1 Å². The number of methoxy groups -OCH3 is 1. The average Bonchev–Trinajstić information content (AvgIpc) is 3.12. The molecule has 4 rings (SSSR count). The Hall–Kier alpha value is -2.37. The lowest BCUT2D eigenvalue weighted by Crippen LogP contribution is -2.43. The van der Waals surface area contributed by atoms with Crippen LogP contribution in [0.25, 0.3) is 11.0 Å². The van der Waals surface area contributed by atoms with Crippen LogP contribution in [0.5, 0.6) is 5.75 Å². The number of hydrogen-bond acceptors (Lipinski definition) is 4. The van der Waals surface area contributed by atoms with E-state index >= 15 is 0 Å². The van der Waals surface area contributed by atoms with E-state index in [0.29, 0.717) is 0 Å². The monoisotopic (exact) mass is 365 g/mol. The highest BCUT2D eigenvalue weighted by Crippen LogP contribution is 2.35. The lowest BCUT2D eigenvalue weighted by atomic mass is 9.74. The Balaban J connectivity index is 1.38. The molecule has 1 fully saturated rings. The van der Waals surface area contributed by atoms with E-state index in [0.717, 1.165) is 61.5 Å². The number of benzene rings is 2. The summed E-state index contributed by atoms with van der Waals surface area (Å²) in [6, 6.07) is 16.4. The summed E-state index contributed by atoms with van der Waals surface area (Å²) >= 11 is 0. The number of ether oxygens (including phenoxy) is 1. The summed E-state index contributed by atoms with van der Waals surface area (Å²) in [5, 5.41) is 10.1. The molecule has 3 aromatic rings. The van der Waals surface area contributed by atoms with E-state index in [4.69, 9.17) is 4.74 Å². The molecule has 0 unspecified atom stereocenters. The van der Waals surface area contributed by atoms with Crippen LogP contribution in [-0.4, -0.2) is 46.8 Å². The van der Waals surface area contributed by atoms with Gasteiger partial charge in [-0.1, -0.05) is 24.3 Å². The van der Waals surface area contributed by atoms with Gasteiger partial charge in [-0.15, -0.1) is 0 Å². The first kappa shape index (κ1) is 18.0. The number of rotatable bonds is 6. The summed E-state index contributed by atoms with van der Waals surface area (Å²) in [7, 11) is 1.68. The van der Waals surface area contributed by atoms with Crippen molar-refractivity contribution >= 4 is 11.0 Å². The molecule has 0 atom stereocenters. The number of aromatic amines is 1. The zero-order valence-corrected chi connectivity index (χ0v) is 15.8. The van der Waals surface area contributed by atoms with Crippen molar-refractivity contribution in [2.75, 3.05) is 26.8 Å². The van der Waals surface area contributed by atoms with Crippen LogP contribution in [-0.2, 0) is 13.0 Å². The van der Waals surface area contributed by atoms with Crippen molar-refractivity contribution in [1.82, 2.24) is 14.9 Å². The molecule has 0 aliphatic carbocycles. The Morgan fingerprint density at radius 3 is 2.52 bits per heavy atom. The molecule has 1 aliphatic heterocycles. The van der Waals surface area contributed by atoms with Gasteiger partial charge in [-0.05, 0) is 67.6 Å². The van der Waals surface area contributed by atoms with Gasteiger partial charge in [-0.3, -0.25) is 4.90 Å². The number of piperidine rings is 1. The second-order valence-electron chi connectivity index (χ2n) is 7.66. The highest BCUT2D eigenvalue weighted by molar-refractivity contribution is 5.74. The van der Waals surface area contributed by atoms with E-state index in [9.17, 15) is 5.11 Å². The maximum Gasteiger partial charge on any atom is 0.121 e. The highest BCUT2D eigenvalue weighted by Gasteiger charge is 2.34. The van der Waals surface area contributed by atoms with E-state index in [1.165, 1.54) is 5.56 Å². The van der Waals surface area contributed by atoms with E-state index < -0.39 is 0 Å². The van der Waals surface area contributed by atoms with Gasteiger partial charge in [-0.25, -0.2) is 4.98 Å². The maximum atomic E-state index is 10.1. The van der Waals surface area contributed by atoms with Crippen molar-refractivity contribution in [3.05, 3.63) is 59.9 Å². The smallest absolute Gasteiger partial charge is 0.121 e. The molecule has 2 N–H and O–H groups in total. The van der Waals surface area contributed by atoms with E-state index in [-0.39, 0.29) is 12.0 Å². The Bertz CT molecular complexity index is 847. The van der Waals surface area contributed by atoms with Gasteiger partial charge in [0.25, 0.3) is 0 Å². The predicted octanol–water partition coefficient (Wildman–Crippen LogP) is 3.39. The molecule has 27 heavy (non-hydrogen) atoms. The normalized spacial score (nSPS) is 17.3. The third kappa shape index (κ3) is 3.99. The number of nitrogens with zero attached hydrogens (tertiary/aromatic N) is 2. The minimum absolute atomic E-state index is 0.0288. The highest BCUT2D eigenvalue weighted by atomic mass is 16.5. The van der Waals surface area contributed by atoms with Crippen LogP contribution < -0.4 is 4.74 Å². The minimum Gasteiger partial charge on any atom is -0.497 e. The lowest BCUT2D eigenvalue weighted by Gasteiger charge is -2.40. The Labute approximate surface area is 160 Å². The molecule has 142 valence electrons. The fraction of sp³-hybridized carbons (Fsp3) is 0.409. The van der Waals surface area contributed by atoms with Gasteiger partial charge in [-0.2, -0.15) is 0 Å². The van der Waals surface area contributed by atoms with Gasteiger partial charge in [0.05, 0.1) is 24.7 Å². The number of imidazole rings is 1. The average molecular weight is 365 g/mol. The van der Waals surface area contributed by atoms with Crippen LogP contribution in [0.3, 0.4) is 0 Å². The number of aliphatic hydroxyl groups is 1. The fourth-order valence-corrected chi connectivity index (χ4v) is 4.05. The lowest BCUT2D eigenvalue weighted by molar-refractivity contribution is 0.0406. The third-order valence-corrected chi connectivity index (χ3v) is 5.80. The van der Waals surface area contributed by atoms with Crippen LogP contribution in [0, 0.1) is 5.41 Å². The summed E-state index contributed by atoms with van der Waals surface area (Å²) in [4.78, 5) is 10.5. The molecule has 0 amide bonds. The Morgan fingerprint density at radius 2 is 1.85 bits per heavy atom. The number of hydrogen-bond donors (Lipinski definition) is 2. The van der Waals surface area contributed by atoms with Gasteiger partial charge in [0.1, 0.15) is 11.6 Å². The molecule has 1 saturated heterocycles. The summed E-state index contributed by atoms with van der Waals surface area (Å²) in [5.74, 6) is 1.89. The summed E-state index contributed by atoms with van der Waals surface area (Å²) in [6.07, 6.45) is 2.90. The van der Waals surface area contributed by atoms with Crippen LogP contribution in [0.1, 0.15) is 24.2 Å². The molecule has 0 saturated carbocycles. The number of aliphatic hydroxyl groups excluding tert-OH is 1. The Kier molecular flexibility index (Phi) is 5.14. The molecule has 1 aromatic heterocycles. The van der Waals surface area contributed by atoms with Crippen LogP contribution in [0.2, 0.25) is 0 Å². The van der Waals surface area contributed by atoms with Crippen LogP contribution >= 0.6 is 0 Å². The Morgan fingerprint density at radius 1 is 1.11 bits per heavy atom. The first-order chi connectivity index (χ1) is 13.2. The number of H-pyrrole nitrogens is 1. The predicted molar refractivity (Wildman–Crippen MR) is 107 cm³/mol. The van der Waals surface area contributed by atoms with Crippen molar-refractivity contribution < 1.29 is 9.84 Å². The van der Waals surface area contributed by atoms with Crippen molar-refractivity contribution in [2.24, 2.45) is 5.41 Å². The molecular weight excluding hydrogens is 338 g/mol. The molecule has 5 nitrogen and oxygen atoms in total. The largest absolute Gasteiger partial charge is 0.497 e. The van der Waals surface area contributed by atoms with E-state index in [1.807, 2.05) is 30.3 Å². The molecule has 0 radical (unpaired) electrons. The van der Waals surface area contributed by atoms with Gasteiger partial charge in [0, 0.05) is 6.61 Å². The molecule has 2 heterocycles. The van der Waals surface area contributed by atoms with Gasteiger partial charge >= 0.3 is 0 Å². The van der Waals surface area contributed by atoms with E-state index in [1.54, 1.807) is 7.11 Å². The first-order valence-corrected chi connectivity index (χ1v) is 9.59. The zero-order chi connectivity index (χ0) is 18.7. The third-order valence-electron chi connectivity index (χ3n) is 5.80. The zero-order valence-electron chi connectivity index (χ0n) is 15.8. The SMILES string of the molecule is COc1ccc(CC2(CO)CCN(Cc3nc4ccccc4[nH]3)CC2)cc1. The molecule has 0 spiro atoms. The molecule has 2 aromatic carbocycles. The second-order valence-corrected chi connectivity index (χ2v) is 7.66. The van der Waals surface area contributed by atoms with Crippen LogP contribution in [0.4, 0.5) is 0 Å².